The van der Waals surface area contributed by atoms with Crippen LogP contribution in [0, 0.1) is 18.6 Å². The number of rotatable bonds is 6. The quantitative estimate of drug-likeness (QED) is 0.654. The number of nitrogens with one attached hydrogen (secondary N) is 2. The summed E-state index contributed by atoms with van der Waals surface area (Å²) < 4.78 is 26.4. The van der Waals surface area contributed by atoms with Gasteiger partial charge < -0.3 is 10.6 Å². The van der Waals surface area contributed by atoms with Gasteiger partial charge >= 0.3 is 0 Å². The molecule has 1 heterocycles. The zero-order valence-electron chi connectivity index (χ0n) is 14.8. The van der Waals surface area contributed by atoms with Gasteiger partial charge in [-0.15, -0.1) is 10.2 Å². The molecule has 0 spiro atoms. The molecule has 9 heteroatoms. The Hall–Kier alpha value is -3.20. The van der Waals surface area contributed by atoms with Gasteiger partial charge in [0.2, 0.25) is 10.9 Å². The van der Waals surface area contributed by atoms with Gasteiger partial charge in [-0.3, -0.25) is 9.59 Å². The third-order valence-electron chi connectivity index (χ3n) is 3.78. The standard InChI is InChI=1S/C19H16F2N4O2S/c1-11-2-5-14(10-15(11)21)22-16(26)8-9-17-24-25-19(28-17)18(27)23-13-6-3-12(20)4-7-13/h2-7,10H,8-9H2,1H3,(H,22,26)(H,23,27). The summed E-state index contributed by atoms with van der Waals surface area (Å²) in [5.41, 5.74) is 1.32. The zero-order valence-corrected chi connectivity index (χ0v) is 15.6. The molecule has 2 aromatic carbocycles. The highest BCUT2D eigenvalue weighted by Crippen LogP contribution is 2.17. The van der Waals surface area contributed by atoms with E-state index < -0.39 is 17.5 Å². The van der Waals surface area contributed by atoms with Gasteiger partial charge in [0.1, 0.15) is 16.6 Å². The Morgan fingerprint density at radius 2 is 1.71 bits per heavy atom. The van der Waals surface area contributed by atoms with E-state index in [4.69, 9.17) is 0 Å². The van der Waals surface area contributed by atoms with E-state index in [1.165, 1.54) is 30.3 Å². The number of hydrogen-bond acceptors (Lipinski definition) is 5. The molecular formula is C19H16F2N4O2S. The van der Waals surface area contributed by atoms with Gasteiger partial charge in [-0.25, -0.2) is 8.78 Å². The largest absolute Gasteiger partial charge is 0.326 e. The van der Waals surface area contributed by atoms with Crippen molar-refractivity contribution in [3.8, 4) is 0 Å². The average molecular weight is 402 g/mol. The minimum atomic E-state index is -0.463. The predicted molar refractivity (Wildman–Crippen MR) is 102 cm³/mol. The van der Waals surface area contributed by atoms with Crippen molar-refractivity contribution < 1.29 is 18.4 Å². The first kappa shape index (κ1) is 19.6. The third-order valence-corrected chi connectivity index (χ3v) is 4.77. The molecule has 0 aliphatic heterocycles. The van der Waals surface area contributed by atoms with E-state index in [1.807, 2.05) is 0 Å². The molecule has 0 aliphatic rings. The number of amides is 2. The van der Waals surface area contributed by atoms with Gasteiger partial charge in [-0.1, -0.05) is 17.4 Å². The van der Waals surface area contributed by atoms with E-state index >= 15 is 0 Å². The maximum absolute atomic E-state index is 13.5. The maximum Gasteiger partial charge on any atom is 0.286 e. The Kier molecular flexibility index (Phi) is 6.05. The first-order valence-electron chi connectivity index (χ1n) is 8.36. The van der Waals surface area contributed by atoms with Gasteiger partial charge in [0.15, 0.2) is 0 Å². The average Bonchev–Trinajstić information content (AvgIpc) is 3.14. The Labute approximate surface area is 163 Å². The highest BCUT2D eigenvalue weighted by molar-refractivity contribution is 7.13. The molecule has 0 saturated carbocycles. The topological polar surface area (TPSA) is 84.0 Å². The lowest BCUT2D eigenvalue weighted by Gasteiger charge is -2.05. The van der Waals surface area contributed by atoms with E-state index in [1.54, 1.807) is 19.1 Å². The first-order chi connectivity index (χ1) is 13.4. The molecule has 3 aromatic rings. The van der Waals surface area contributed by atoms with Gasteiger partial charge in [-0.05, 0) is 48.9 Å². The van der Waals surface area contributed by atoms with Crippen molar-refractivity contribution in [1.82, 2.24) is 10.2 Å². The summed E-state index contributed by atoms with van der Waals surface area (Å²) in [7, 11) is 0. The number of aryl methyl sites for hydroxylation is 2. The fraction of sp³-hybridized carbons (Fsp3) is 0.158. The molecule has 2 N–H and O–H groups in total. The number of anilines is 2. The number of aromatic nitrogens is 2. The second kappa shape index (κ2) is 8.66. The van der Waals surface area contributed by atoms with Gasteiger partial charge in [0.05, 0.1) is 0 Å². The molecule has 3 rings (SSSR count). The second-order valence-electron chi connectivity index (χ2n) is 5.97. The Morgan fingerprint density at radius 1 is 1.00 bits per heavy atom. The summed E-state index contributed by atoms with van der Waals surface area (Å²) in [4.78, 5) is 24.1. The molecule has 2 amide bonds. The van der Waals surface area contributed by atoms with E-state index in [2.05, 4.69) is 20.8 Å². The molecule has 0 bridgehead atoms. The fourth-order valence-electron chi connectivity index (χ4n) is 2.28. The van der Waals surface area contributed by atoms with Crippen LogP contribution in [0.3, 0.4) is 0 Å². The van der Waals surface area contributed by atoms with E-state index in [0.717, 1.165) is 11.3 Å². The number of carbonyl (C=O) groups excluding carboxylic acids is 2. The monoisotopic (exact) mass is 402 g/mol. The first-order valence-corrected chi connectivity index (χ1v) is 9.17. The lowest BCUT2D eigenvalue weighted by molar-refractivity contribution is -0.116. The number of nitrogens with zero attached hydrogens (tertiary/aromatic N) is 2. The Balaban J connectivity index is 1.52. The van der Waals surface area contributed by atoms with Crippen molar-refractivity contribution >= 4 is 34.5 Å². The van der Waals surface area contributed by atoms with Crippen molar-refractivity contribution in [2.45, 2.75) is 19.8 Å². The number of hydrogen-bond donors (Lipinski definition) is 2. The predicted octanol–water partition coefficient (Wildman–Crippen LogP) is 3.95. The van der Waals surface area contributed by atoms with E-state index in [9.17, 15) is 18.4 Å². The molecule has 0 radical (unpaired) electrons. The summed E-state index contributed by atoms with van der Waals surface area (Å²) in [6, 6.07) is 9.82. The lowest BCUT2D eigenvalue weighted by atomic mass is 10.2. The molecular weight excluding hydrogens is 386 g/mol. The van der Waals surface area contributed by atoms with Crippen molar-refractivity contribution in [2.75, 3.05) is 10.6 Å². The van der Waals surface area contributed by atoms with Crippen LogP contribution in [0.5, 0.6) is 0 Å². The van der Waals surface area contributed by atoms with Crippen LogP contribution < -0.4 is 10.6 Å². The zero-order chi connectivity index (χ0) is 20.1. The van der Waals surface area contributed by atoms with Gasteiger partial charge in [-0.2, -0.15) is 0 Å². The molecule has 6 nitrogen and oxygen atoms in total. The van der Waals surface area contributed by atoms with Crippen LogP contribution in [0.1, 0.15) is 26.8 Å². The van der Waals surface area contributed by atoms with Crippen LogP contribution in [0.25, 0.3) is 0 Å². The van der Waals surface area contributed by atoms with Gasteiger partial charge in [0.25, 0.3) is 5.91 Å². The summed E-state index contributed by atoms with van der Waals surface area (Å²) in [6.45, 7) is 1.64. The molecule has 144 valence electrons. The molecule has 0 unspecified atom stereocenters. The van der Waals surface area contributed by atoms with E-state index in [0.29, 0.717) is 28.4 Å². The van der Waals surface area contributed by atoms with Crippen LogP contribution in [0.2, 0.25) is 0 Å². The highest BCUT2D eigenvalue weighted by atomic mass is 32.1. The number of carbonyl (C=O) groups is 2. The van der Waals surface area contributed by atoms with Crippen LogP contribution in [-0.4, -0.2) is 22.0 Å². The summed E-state index contributed by atoms with van der Waals surface area (Å²) in [5.74, 6) is -1.55. The van der Waals surface area contributed by atoms with Crippen molar-refractivity contribution in [3.63, 3.8) is 0 Å². The Bertz CT molecular complexity index is 1010. The fourth-order valence-corrected chi connectivity index (χ4v) is 3.01. The van der Waals surface area contributed by atoms with Crippen LogP contribution >= 0.6 is 11.3 Å². The molecule has 1 aromatic heterocycles. The highest BCUT2D eigenvalue weighted by Gasteiger charge is 2.14. The molecule has 0 saturated heterocycles. The molecule has 0 atom stereocenters. The third kappa shape index (κ3) is 5.17. The molecule has 0 aliphatic carbocycles. The number of halogens is 2. The lowest BCUT2D eigenvalue weighted by Crippen LogP contribution is -2.12. The minimum Gasteiger partial charge on any atom is -0.326 e. The maximum atomic E-state index is 13.5. The smallest absolute Gasteiger partial charge is 0.286 e. The minimum absolute atomic E-state index is 0.115. The summed E-state index contributed by atoms with van der Waals surface area (Å²) in [5, 5.41) is 13.6. The summed E-state index contributed by atoms with van der Waals surface area (Å²) in [6.07, 6.45) is 0.408. The normalized spacial score (nSPS) is 10.5. The molecule has 28 heavy (non-hydrogen) atoms. The van der Waals surface area contributed by atoms with Gasteiger partial charge in [0, 0.05) is 24.2 Å². The van der Waals surface area contributed by atoms with Crippen LogP contribution in [-0.2, 0) is 11.2 Å². The number of benzene rings is 2. The van der Waals surface area contributed by atoms with Crippen molar-refractivity contribution in [3.05, 3.63) is 69.7 Å². The molecule has 0 fully saturated rings. The SMILES string of the molecule is Cc1ccc(NC(=O)CCc2nnc(C(=O)Nc3ccc(F)cc3)s2)cc1F. The van der Waals surface area contributed by atoms with Crippen molar-refractivity contribution in [2.24, 2.45) is 0 Å². The van der Waals surface area contributed by atoms with Crippen LogP contribution in [0.15, 0.2) is 42.5 Å². The second-order valence-corrected chi connectivity index (χ2v) is 7.04. The summed E-state index contributed by atoms with van der Waals surface area (Å²) >= 11 is 1.07. The Morgan fingerprint density at radius 3 is 2.43 bits per heavy atom. The van der Waals surface area contributed by atoms with Crippen molar-refractivity contribution in [1.29, 1.82) is 0 Å². The van der Waals surface area contributed by atoms with Crippen LogP contribution in [0.4, 0.5) is 20.2 Å². The van der Waals surface area contributed by atoms with E-state index in [-0.39, 0.29) is 17.3 Å².